The molecule has 0 saturated carbocycles. The van der Waals surface area contributed by atoms with Crippen LogP contribution in [0.2, 0.25) is 0 Å². The summed E-state index contributed by atoms with van der Waals surface area (Å²) < 4.78 is 4.63. The van der Waals surface area contributed by atoms with Gasteiger partial charge in [-0.25, -0.2) is 14.6 Å². The van der Waals surface area contributed by atoms with Crippen LogP contribution in [-0.2, 0) is 9.53 Å². The highest BCUT2D eigenvalue weighted by Gasteiger charge is 2.32. The standard InChI is InChI=1S/C14H18N2O4/c1-9-4-6-16(12(7-9)13(17)18)10-3-5-15-11(8-10)14(19)20-2/h3,5,8-9,12H,4,6-7H2,1-2H3,(H,17,18). The molecule has 1 aromatic rings. The van der Waals surface area contributed by atoms with Gasteiger partial charge in [0.1, 0.15) is 11.7 Å². The molecule has 108 valence electrons. The first-order valence-corrected chi connectivity index (χ1v) is 6.56. The van der Waals surface area contributed by atoms with Crippen molar-refractivity contribution in [3.05, 3.63) is 24.0 Å². The molecule has 6 heteroatoms. The third-order valence-corrected chi connectivity index (χ3v) is 3.62. The summed E-state index contributed by atoms with van der Waals surface area (Å²) in [4.78, 5) is 28.7. The molecule has 0 aromatic carbocycles. The highest BCUT2D eigenvalue weighted by Crippen LogP contribution is 2.28. The number of esters is 1. The number of carbonyl (C=O) groups excluding carboxylic acids is 1. The molecule has 2 heterocycles. The predicted molar refractivity (Wildman–Crippen MR) is 72.7 cm³/mol. The lowest BCUT2D eigenvalue weighted by Gasteiger charge is -2.37. The van der Waals surface area contributed by atoms with Crippen molar-refractivity contribution in [2.45, 2.75) is 25.8 Å². The summed E-state index contributed by atoms with van der Waals surface area (Å²) in [6, 6.07) is 2.74. The minimum Gasteiger partial charge on any atom is -0.480 e. The Morgan fingerprint density at radius 1 is 1.50 bits per heavy atom. The smallest absolute Gasteiger partial charge is 0.356 e. The summed E-state index contributed by atoms with van der Waals surface area (Å²) in [5.41, 5.74) is 0.882. The van der Waals surface area contributed by atoms with Gasteiger partial charge in [0.05, 0.1) is 7.11 Å². The normalized spacial score (nSPS) is 22.4. The highest BCUT2D eigenvalue weighted by molar-refractivity contribution is 5.88. The maximum atomic E-state index is 11.5. The number of carboxylic acid groups (broad SMARTS) is 1. The van der Waals surface area contributed by atoms with Gasteiger partial charge in [0.15, 0.2) is 0 Å². The fourth-order valence-corrected chi connectivity index (χ4v) is 2.50. The van der Waals surface area contributed by atoms with Crippen LogP contribution < -0.4 is 4.90 Å². The molecule has 0 bridgehead atoms. The fourth-order valence-electron chi connectivity index (χ4n) is 2.50. The largest absolute Gasteiger partial charge is 0.480 e. The van der Waals surface area contributed by atoms with Crippen LogP contribution in [0.25, 0.3) is 0 Å². The minimum absolute atomic E-state index is 0.188. The minimum atomic E-state index is -0.840. The van der Waals surface area contributed by atoms with E-state index < -0.39 is 18.0 Å². The number of methoxy groups -OCH3 is 1. The Balaban J connectivity index is 2.29. The number of nitrogens with zero attached hydrogens (tertiary/aromatic N) is 2. The van der Waals surface area contributed by atoms with Gasteiger partial charge >= 0.3 is 11.9 Å². The number of pyridine rings is 1. The van der Waals surface area contributed by atoms with Crippen LogP contribution >= 0.6 is 0 Å². The second-order valence-corrected chi connectivity index (χ2v) is 5.07. The molecule has 0 aliphatic carbocycles. The van der Waals surface area contributed by atoms with Crippen LogP contribution in [0.3, 0.4) is 0 Å². The monoisotopic (exact) mass is 278 g/mol. The quantitative estimate of drug-likeness (QED) is 0.845. The molecule has 1 aromatic heterocycles. The van der Waals surface area contributed by atoms with Gasteiger partial charge < -0.3 is 14.7 Å². The summed E-state index contributed by atoms with van der Waals surface area (Å²) in [5, 5.41) is 9.36. The zero-order valence-corrected chi connectivity index (χ0v) is 11.6. The highest BCUT2D eigenvalue weighted by atomic mass is 16.5. The molecule has 1 aliphatic heterocycles. The molecule has 2 unspecified atom stereocenters. The van der Waals surface area contributed by atoms with E-state index in [1.54, 1.807) is 12.1 Å². The number of hydrogen-bond donors (Lipinski definition) is 1. The third kappa shape index (κ3) is 2.89. The summed E-state index contributed by atoms with van der Waals surface area (Å²) in [5.74, 6) is -0.980. The Hall–Kier alpha value is -2.11. The molecule has 1 fully saturated rings. The van der Waals surface area contributed by atoms with Crippen molar-refractivity contribution in [3.8, 4) is 0 Å². The Bertz CT molecular complexity index is 518. The predicted octanol–water partition coefficient (Wildman–Crippen LogP) is 1.56. The van der Waals surface area contributed by atoms with Crippen LogP contribution in [0.4, 0.5) is 5.69 Å². The van der Waals surface area contributed by atoms with E-state index in [2.05, 4.69) is 16.6 Å². The van der Waals surface area contributed by atoms with Crippen LogP contribution in [0.15, 0.2) is 18.3 Å². The van der Waals surface area contributed by atoms with E-state index in [-0.39, 0.29) is 5.69 Å². The Kier molecular flexibility index (Phi) is 4.22. The van der Waals surface area contributed by atoms with E-state index in [1.807, 2.05) is 4.90 Å². The number of hydrogen-bond acceptors (Lipinski definition) is 5. The molecule has 0 radical (unpaired) electrons. The Morgan fingerprint density at radius 2 is 2.25 bits per heavy atom. The van der Waals surface area contributed by atoms with E-state index in [1.165, 1.54) is 13.3 Å². The number of rotatable bonds is 3. The van der Waals surface area contributed by atoms with Crippen LogP contribution in [0.5, 0.6) is 0 Å². The van der Waals surface area contributed by atoms with E-state index in [4.69, 9.17) is 0 Å². The second kappa shape index (κ2) is 5.90. The number of aromatic nitrogens is 1. The van der Waals surface area contributed by atoms with Crippen molar-refractivity contribution in [1.82, 2.24) is 4.98 Å². The molecule has 1 saturated heterocycles. The first-order valence-electron chi connectivity index (χ1n) is 6.56. The van der Waals surface area contributed by atoms with E-state index in [0.29, 0.717) is 24.6 Å². The SMILES string of the molecule is COC(=O)c1cc(N2CCC(C)CC2C(=O)O)ccn1. The lowest BCUT2D eigenvalue weighted by molar-refractivity contribution is -0.139. The summed E-state index contributed by atoms with van der Waals surface area (Å²) >= 11 is 0. The summed E-state index contributed by atoms with van der Waals surface area (Å²) in [6.45, 7) is 2.71. The van der Waals surface area contributed by atoms with Crippen molar-refractivity contribution in [1.29, 1.82) is 0 Å². The lowest BCUT2D eigenvalue weighted by atomic mass is 9.92. The van der Waals surface area contributed by atoms with Crippen molar-refractivity contribution in [3.63, 3.8) is 0 Å². The molecular formula is C14H18N2O4. The Morgan fingerprint density at radius 3 is 2.90 bits per heavy atom. The van der Waals surface area contributed by atoms with Gasteiger partial charge in [0, 0.05) is 18.4 Å². The topological polar surface area (TPSA) is 79.7 Å². The van der Waals surface area contributed by atoms with E-state index in [0.717, 1.165) is 6.42 Å². The van der Waals surface area contributed by atoms with Crippen molar-refractivity contribution in [2.75, 3.05) is 18.6 Å². The van der Waals surface area contributed by atoms with E-state index >= 15 is 0 Å². The number of anilines is 1. The zero-order valence-electron chi connectivity index (χ0n) is 11.6. The molecule has 1 N–H and O–H groups in total. The van der Waals surface area contributed by atoms with Crippen LogP contribution in [-0.4, -0.2) is 41.7 Å². The average molecular weight is 278 g/mol. The average Bonchev–Trinajstić information content (AvgIpc) is 2.46. The van der Waals surface area contributed by atoms with Gasteiger partial charge in [-0.15, -0.1) is 0 Å². The van der Waals surface area contributed by atoms with Gasteiger partial charge in [0.2, 0.25) is 0 Å². The molecule has 0 spiro atoms. The molecule has 20 heavy (non-hydrogen) atoms. The molecule has 6 nitrogen and oxygen atoms in total. The fraction of sp³-hybridized carbons (Fsp3) is 0.500. The molecule has 2 rings (SSSR count). The zero-order chi connectivity index (χ0) is 14.7. The molecule has 1 aliphatic rings. The summed E-state index contributed by atoms with van der Waals surface area (Å²) in [6.07, 6.45) is 3.03. The first kappa shape index (κ1) is 14.3. The van der Waals surface area contributed by atoms with Gasteiger partial charge in [0.25, 0.3) is 0 Å². The summed E-state index contributed by atoms with van der Waals surface area (Å²) in [7, 11) is 1.29. The number of carbonyl (C=O) groups is 2. The Labute approximate surface area is 117 Å². The van der Waals surface area contributed by atoms with Gasteiger partial charge in [-0.3, -0.25) is 0 Å². The van der Waals surface area contributed by atoms with Crippen molar-refractivity contribution < 1.29 is 19.4 Å². The number of carboxylic acids is 1. The number of aliphatic carboxylic acids is 1. The number of piperidine rings is 1. The van der Waals surface area contributed by atoms with E-state index in [9.17, 15) is 14.7 Å². The van der Waals surface area contributed by atoms with Gasteiger partial charge in [-0.1, -0.05) is 6.92 Å². The van der Waals surface area contributed by atoms with Crippen molar-refractivity contribution >= 4 is 17.6 Å². The second-order valence-electron chi connectivity index (χ2n) is 5.07. The molecule has 2 atom stereocenters. The molecule has 0 amide bonds. The van der Waals surface area contributed by atoms with Crippen LogP contribution in [0.1, 0.15) is 30.3 Å². The van der Waals surface area contributed by atoms with Crippen molar-refractivity contribution in [2.24, 2.45) is 5.92 Å². The maximum Gasteiger partial charge on any atom is 0.356 e. The first-order chi connectivity index (χ1) is 9.52. The maximum absolute atomic E-state index is 11.5. The molecular weight excluding hydrogens is 260 g/mol. The van der Waals surface area contributed by atoms with Gasteiger partial charge in [-0.05, 0) is 30.9 Å². The lowest BCUT2D eigenvalue weighted by Crippen LogP contribution is -2.47. The van der Waals surface area contributed by atoms with Crippen LogP contribution in [0, 0.1) is 5.92 Å². The number of ether oxygens (including phenoxy) is 1. The third-order valence-electron chi connectivity index (χ3n) is 3.62. The van der Waals surface area contributed by atoms with Gasteiger partial charge in [-0.2, -0.15) is 0 Å².